The number of hydrogen-bond acceptors (Lipinski definition) is 5. The predicted molar refractivity (Wildman–Crippen MR) is 141 cm³/mol. The van der Waals surface area contributed by atoms with Crippen LogP contribution >= 0.6 is 11.6 Å². The number of aryl methyl sites for hydroxylation is 2. The highest BCUT2D eigenvalue weighted by molar-refractivity contribution is 6.31. The lowest BCUT2D eigenvalue weighted by molar-refractivity contribution is -0.140. The molecule has 0 aliphatic rings. The lowest BCUT2D eigenvalue weighted by Crippen LogP contribution is -2.05. The fraction of sp³-hybridized carbons (Fsp3) is 0.536. The fourth-order valence-corrected chi connectivity index (χ4v) is 4.54. The average molecular weight is 500 g/mol. The number of fused-ring (bicyclic) bond motifs is 1. The minimum absolute atomic E-state index is 0.189. The Labute approximate surface area is 213 Å². The van der Waals surface area contributed by atoms with Crippen LogP contribution in [-0.2, 0) is 22.4 Å². The molecule has 2 aromatic carbocycles. The number of benzene rings is 2. The number of carbonyl (C=O) groups is 1. The highest BCUT2D eigenvalue weighted by atomic mass is 35.5. The summed E-state index contributed by atoms with van der Waals surface area (Å²) in [6, 6.07) is 9.18. The van der Waals surface area contributed by atoms with Crippen molar-refractivity contribution in [2.45, 2.75) is 90.4 Å². The van der Waals surface area contributed by atoms with Gasteiger partial charge in [-0.15, -0.1) is 15.0 Å². The van der Waals surface area contributed by atoms with Crippen LogP contribution < -0.4 is 0 Å². The number of methoxy groups -OCH3 is 1. The number of halogens is 1. The van der Waals surface area contributed by atoms with Gasteiger partial charge in [-0.25, -0.2) is 0 Å². The molecule has 0 aliphatic heterocycles. The zero-order chi connectivity index (χ0) is 25.0. The Morgan fingerprint density at radius 3 is 2.26 bits per heavy atom. The minimum Gasteiger partial charge on any atom is -0.505 e. The second-order valence-corrected chi connectivity index (χ2v) is 9.69. The Balaban J connectivity index is 1.67. The number of carbonyl (C=O) groups excluding carboxylic acids is 1. The van der Waals surface area contributed by atoms with Crippen LogP contribution in [0.5, 0.6) is 5.75 Å². The van der Waals surface area contributed by atoms with Gasteiger partial charge in [0.05, 0.1) is 7.11 Å². The molecule has 3 aromatic rings. The van der Waals surface area contributed by atoms with Crippen LogP contribution in [0.1, 0.15) is 88.7 Å². The number of aromatic hydroxyl groups is 1. The molecule has 3 rings (SSSR count). The van der Waals surface area contributed by atoms with Crippen molar-refractivity contribution in [3.63, 3.8) is 0 Å². The lowest BCUT2D eigenvalue weighted by Gasteiger charge is -2.13. The zero-order valence-corrected chi connectivity index (χ0v) is 21.8. The molecule has 0 amide bonds. The highest BCUT2D eigenvalue weighted by Crippen LogP contribution is 2.30. The van der Waals surface area contributed by atoms with Gasteiger partial charge in [0.25, 0.3) is 0 Å². The van der Waals surface area contributed by atoms with E-state index < -0.39 is 0 Å². The molecule has 1 heterocycles. The number of nitrogens with zero attached hydrogens (tertiary/aromatic N) is 3. The summed E-state index contributed by atoms with van der Waals surface area (Å²) in [6.07, 6.45) is 14.2. The van der Waals surface area contributed by atoms with E-state index >= 15 is 0 Å². The van der Waals surface area contributed by atoms with Crippen molar-refractivity contribution < 1.29 is 14.6 Å². The summed E-state index contributed by atoms with van der Waals surface area (Å²) in [6.45, 7) is 2.25. The molecule has 0 aliphatic carbocycles. The van der Waals surface area contributed by atoms with E-state index in [0.717, 1.165) is 30.4 Å². The third-order valence-corrected chi connectivity index (χ3v) is 6.67. The number of rotatable bonds is 15. The molecule has 0 saturated heterocycles. The first-order chi connectivity index (χ1) is 17.0. The molecule has 0 saturated carbocycles. The SMILES string of the molecule is CCCCCCCCCCCCc1cc(CCC(=O)OC)cc(-n2nc3ccc(Cl)cc3n2)c1O. The van der Waals surface area contributed by atoms with Crippen molar-refractivity contribution in [1.29, 1.82) is 0 Å². The number of ether oxygens (including phenoxy) is 1. The number of unbranched alkanes of at least 4 members (excludes halogenated alkanes) is 9. The summed E-state index contributed by atoms with van der Waals surface area (Å²) < 4.78 is 4.80. The molecule has 0 spiro atoms. The lowest BCUT2D eigenvalue weighted by atomic mass is 9.99. The van der Waals surface area contributed by atoms with E-state index in [1.54, 1.807) is 12.1 Å². The van der Waals surface area contributed by atoms with Crippen molar-refractivity contribution in [2.75, 3.05) is 7.11 Å². The summed E-state index contributed by atoms with van der Waals surface area (Å²) in [5, 5.41) is 20.7. The van der Waals surface area contributed by atoms with E-state index in [1.807, 2.05) is 18.2 Å². The van der Waals surface area contributed by atoms with Gasteiger partial charge in [-0.05, 0) is 54.7 Å². The van der Waals surface area contributed by atoms with Gasteiger partial charge in [0.2, 0.25) is 0 Å². The third-order valence-electron chi connectivity index (χ3n) is 6.43. The monoisotopic (exact) mass is 499 g/mol. The smallest absolute Gasteiger partial charge is 0.305 e. The minimum atomic E-state index is -0.256. The van der Waals surface area contributed by atoms with Gasteiger partial charge in [0.15, 0.2) is 0 Å². The predicted octanol–water partition coefficient (Wildman–Crippen LogP) is 7.35. The molecule has 0 radical (unpaired) electrons. The Bertz CT molecular complexity index is 1100. The summed E-state index contributed by atoms with van der Waals surface area (Å²) >= 11 is 6.10. The normalized spacial score (nSPS) is 11.3. The van der Waals surface area contributed by atoms with Crippen molar-refractivity contribution in [2.24, 2.45) is 0 Å². The van der Waals surface area contributed by atoms with E-state index in [1.165, 1.54) is 63.3 Å². The third kappa shape index (κ3) is 8.24. The van der Waals surface area contributed by atoms with Gasteiger partial charge in [-0.2, -0.15) is 0 Å². The number of phenols is 1. The van der Waals surface area contributed by atoms with E-state index in [4.69, 9.17) is 16.3 Å². The molecule has 1 N–H and O–H groups in total. The largest absolute Gasteiger partial charge is 0.505 e. The van der Waals surface area contributed by atoms with Crippen LogP contribution in [0.25, 0.3) is 16.7 Å². The first kappa shape index (κ1) is 27.0. The summed E-state index contributed by atoms with van der Waals surface area (Å²) in [7, 11) is 1.39. The van der Waals surface area contributed by atoms with Crippen LogP contribution in [0.15, 0.2) is 30.3 Å². The Morgan fingerprint density at radius 1 is 0.914 bits per heavy atom. The number of aromatic nitrogens is 3. The summed E-state index contributed by atoms with van der Waals surface area (Å²) in [5.74, 6) is -0.0670. The molecule has 35 heavy (non-hydrogen) atoms. The molecule has 1 aromatic heterocycles. The first-order valence-corrected chi connectivity index (χ1v) is 13.3. The average Bonchev–Trinajstić information content (AvgIpc) is 3.27. The maximum atomic E-state index is 11.7. The quantitative estimate of drug-likeness (QED) is 0.175. The van der Waals surface area contributed by atoms with Crippen molar-refractivity contribution in [3.8, 4) is 11.4 Å². The Morgan fingerprint density at radius 2 is 1.57 bits per heavy atom. The van der Waals surface area contributed by atoms with E-state index in [9.17, 15) is 9.90 Å². The highest BCUT2D eigenvalue weighted by Gasteiger charge is 2.16. The maximum absolute atomic E-state index is 11.7. The second-order valence-electron chi connectivity index (χ2n) is 9.25. The molecule has 190 valence electrons. The summed E-state index contributed by atoms with van der Waals surface area (Å²) in [5.41, 5.74) is 3.69. The number of phenolic OH excluding ortho intramolecular Hbond substituents is 1. The molecule has 6 nitrogen and oxygen atoms in total. The van der Waals surface area contributed by atoms with Gasteiger partial charge in [-0.3, -0.25) is 4.79 Å². The van der Waals surface area contributed by atoms with Crippen molar-refractivity contribution in [1.82, 2.24) is 15.0 Å². The molecular formula is C28H38ClN3O3. The standard InChI is InChI=1S/C28H38ClN3O3/c1-3-4-5-6-7-8-9-10-11-12-13-22-18-21(14-17-27(33)35-2)19-26(28(22)34)32-30-24-16-15-23(29)20-25(24)31-32/h15-16,18-20,34H,3-14,17H2,1-2H3. The maximum Gasteiger partial charge on any atom is 0.305 e. The molecule has 0 fully saturated rings. The van der Waals surface area contributed by atoms with Gasteiger partial charge in [-0.1, -0.05) is 82.4 Å². The van der Waals surface area contributed by atoms with Crippen molar-refractivity contribution >= 4 is 28.6 Å². The topological polar surface area (TPSA) is 77.2 Å². The molecule has 0 unspecified atom stereocenters. The van der Waals surface area contributed by atoms with Crippen LogP contribution in [0, 0.1) is 0 Å². The van der Waals surface area contributed by atoms with Gasteiger partial charge in [0.1, 0.15) is 22.5 Å². The Hall–Kier alpha value is -2.60. The molecule has 7 heteroatoms. The van der Waals surface area contributed by atoms with Crippen LogP contribution in [0.2, 0.25) is 5.02 Å². The Kier molecular flexibility index (Phi) is 10.9. The van der Waals surface area contributed by atoms with Gasteiger partial charge < -0.3 is 9.84 Å². The number of esters is 1. The van der Waals surface area contributed by atoms with E-state index in [0.29, 0.717) is 28.2 Å². The van der Waals surface area contributed by atoms with E-state index in [2.05, 4.69) is 17.1 Å². The second kappa shape index (κ2) is 14.1. The molecule has 0 atom stereocenters. The fourth-order valence-electron chi connectivity index (χ4n) is 4.38. The summed E-state index contributed by atoms with van der Waals surface area (Å²) in [4.78, 5) is 13.2. The van der Waals surface area contributed by atoms with Gasteiger partial charge in [0, 0.05) is 11.4 Å². The van der Waals surface area contributed by atoms with E-state index in [-0.39, 0.29) is 18.1 Å². The zero-order valence-electron chi connectivity index (χ0n) is 21.1. The van der Waals surface area contributed by atoms with Crippen LogP contribution in [-0.4, -0.2) is 33.2 Å². The number of hydrogen-bond donors (Lipinski definition) is 1. The van der Waals surface area contributed by atoms with Crippen LogP contribution in [0.4, 0.5) is 0 Å². The molecular weight excluding hydrogens is 462 g/mol. The first-order valence-electron chi connectivity index (χ1n) is 13.0. The molecule has 0 bridgehead atoms. The van der Waals surface area contributed by atoms with Gasteiger partial charge >= 0.3 is 5.97 Å². The van der Waals surface area contributed by atoms with Crippen molar-refractivity contribution in [3.05, 3.63) is 46.5 Å². The van der Waals surface area contributed by atoms with Crippen LogP contribution in [0.3, 0.4) is 0 Å².